The number of fused-ring (bicyclic) bond motifs is 1. The lowest BCUT2D eigenvalue weighted by atomic mass is 10.0. The van der Waals surface area contributed by atoms with Gasteiger partial charge < -0.3 is 25.1 Å². The second kappa shape index (κ2) is 12.2. The van der Waals surface area contributed by atoms with Crippen molar-refractivity contribution in [2.75, 3.05) is 40.0 Å². The summed E-state index contributed by atoms with van der Waals surface area (Å²) in [5, 5.41) is 7.91. The number of nitrogens with zero attached hydrogens (tertiary/aromatic N) is 1. The van der Waals surface area contributed by atoms with Crippen LogP contribution in [-0.2, 0) is 16.0 Å². The molecule has 0 spiro atoms. The number of aliphatic imine (C=N–C) groups is 1. The van der Waals surface area contributed by atoms with Crippen molar-refractivity contribution in [3.8, 4) is 0 Å². The largest absolute Gasteiger partial charge is 0.381 e. The first-order chi connectivity index (χ1) is 12.8. The number of guanidine groups is 1. The maximum absolute atomic E-state index is 5.79. The maximum Gasteiger partial charge on any atom is 0.191 e. The second-order valence-corrected chi connectivity index (χ2v) is 6.72. The van der Waals surface area contributed by atoms with Crippen molar-refractivity contribution in [2.24, 2.45) is 10.9 Å². The van der Waals surface area contributed by atoms with Crippen LogP contribution in [0, 0.1) is 5.92 Å². The molecule has 1 aliphatic rings. The summed E-state index contributed by atoms with van der Waals surface area (Å²) in [6, 6.07) is 10.5. The summed E-state index contributed by atoms with van der Waals surface area (Å²) in [4.78, 5) is 7.69. The monoisotopic (exact) mass is 486 g/mol. The third-order valence-electron chi connectivity index (χ3n) is 4.71. The van der Waals surface area contributed by atoms with E-state index < -0.39 is 0 Å². The van der Waals surface area contributed by atoms with E-state index in [4.69, 9.17) is 9.47 Å². The fourth-order valence-corrected chi connectivity index (χ4v) is 3.17. The van der Waals surface area contributed by atoms with Crippen LogP contribution < -0.4 is 10.6 Å². The van der Waals surface area contributed by atoms with E-state index in [1.165, 1.54) is 5.39 Å². The number of hydrogen-bond acceptors (Lipinski definition) is 3. The van der Waals surface area contributed by atoms with Gasteiger partial charge in [-0.15, -0.1) is 24.0 Å². The summed E-state index contributed by atoms with van der Waals surface area (Å²) in [6.07, 6.45) is 3.22. The highest BCUT2D eigenvalue weighted by Gasteiger charge is 2.13. The second-order valence-electron chi connectivity index (χ2n) is 6.72. The van der Waals surface area contributed by atoms with E-state index in [1.807, 2.05) is 6.07 Å². The average Bonchev–Trinajstić information content (AvgIpc) is 3.10. The van der Waals surface area contributed by atoms with Gasteiger partial charge in [0, 0.05) is 51.2 Å². The lowest BCUT2D eigenvalue weighted by molar-refractivity contribution is 0.0203. The molecule has 0 aliphatic carbocycles. The standard InChI is InChI=1S/C20H30N4O2.HI/c1-21-20(22-9-4-10-26-15-16-7-11-25-12-8-16)23-14-18-13-17-5-2-3-6-19(17)24-18;/h2-3,5-6,13,16,24H,4,7-12,14-15H2,1H3,(H2,21,22,23);1H. The molecule has 2 aromatic rings. The van der Waals surface area contributed by atoms with Crippen LogP contribution in [0.1, 0.15) is 25.0 Å². The van der Waals surface area contributed by atoms with E-state index >= 15 is 0 Å². The molecular weight excluding hydrogens is 455 g/mol. The third-order valence-corrected chi connectivity index (χ3v) is 4.71. The highest BCUT2D eigenvalue weighted by atomic mass is 127. The zero-order chi connectivity index (χ0) is 18.0. The molecule has 1 aliphatic heterocycles. The van der Waals surface area contributed by atoms with Gasteiger partial charge in [0.15, 0.2) is 5.96 Å². The number of halogens is 1. The minimum absolute atomic E-state index is 0. The molecule has 0 atom stereocenters. The van der Waals surface area contributed by atoms with Crippen LogP contribution in [0.15, 0.2) is 35.3 Å². The van der Waals surface area contributed by atoms with Crippen LogP contribution in [0.4, 0.5) is 0 Å². The molecule has 1 fully saturated rings. The lowest BCUT2D eigenvalue weighted by Gasteiger charge is -2.21. The van der Waals surface area contributed by atoms with E-state index in [1.54, 1.807) is 7.05 Å². The predicted octanol–water partition coefficient (Wildman–Crippen LogP) is 3.28. The molecule has 7 heteroatoms. The Morgan fingerprint density at radius 3 is 2.85 bits per heavy atom. The third kappa shape index (κ3) is 7.31. The Kier molecular flexibility index (Phi) is 9.93. The van der Waals surface area contributed by atoms with Crippen molar-refractivity contribution in [1.82, 2.24) is 15.6 Å². The van der Waals surface area contributed by atoms with Gasteiger partial charge in [0.05, 0.1) is 6.54 Å². The number of rotatable bonds is 8. The number of nitrogens with one attached hydrogen (secondary N) is 3. The Bertz CT molecular complexity index is 665. The summed E-state index contributed by atoms with van der Waals surface area (Å²) < 4.78 is 11.2. The SMILES string of the molecule is CN=C(NCCCOCC1CCOCC1)NCc1cc2ccccc2[nH]1.I. The topological polar surface area (TPSA) is 70.7 Å². The van der Waals surface area contributed by atoms with Gasteiger partial charge in [0.1, 0.15) is 0 Å². The van der Waals surface area contributed by atoms with E-state index in [-0.39, 0.29) is 24.0 Å². The predicted molar refractivity (Wildman–Crippen MR) is 121 cm³/mol. The quantitative estimate of drug-likeness (QED) is 0.232. The van der Waals surface area contributed by atoms with Crippen molar-refractivity contribution in [3.05, 3.63) is 36.0 Å². The summed E-state index contributed by atoms with van der Waals surface area (Å²) in [5.41, 5.74) is 2.31. The van der Waals surface area contributed by atoms with Crippen LogP contribution in [0.5, 0.6) is 0 Å². The summed E-state index contributed by atoms with van der Waals surface area (Å²) in [5.74, 6) is 1.48. The molecule has 27 heavy (non-hydrogen) atoms. The molecule has 3 rings (SSSR count). The average molecular weight is 486 g/mol. The Balaban J connectivity index is 0.00000261. The molecule has 0 unspecified atom stereocenters. The van der Waals surface area contributed by atoms with Gasteiger partial charge in [-0.05, 0) is 42.7 Å². The fourth-order valence-electron chi connectivity index (χ4n) is 3.17. The first-order valence-corrected chi connectivity index (χ1v) is 9.52. The van der Waals surface area contributed by atoms with Crippen molar-refractivity contribution in [2.45, 2.75) is 25.8 Å². The van der Waals surface area contributed by atoms with Gasteiger partial charge >= 0.3 is 0 Å². The van der Waals surface area contributed by atoms with Gasteiger partial charge in [0.2, 0.25) is 0 Å². The van der Waals surface area contributed by atoms with Crippen molar-refractivity contribution in [3.63, 3.8) is 0 Å². The summed E-state index contributed by atoms with van der Waals surface area (Å²) in [7, 11) is 1.79. The van der Waals surface area contributed by atoms with Crippen molar-refractivity contribution >= 4 is 40.8 Å². The molecule has 1 aromatic carbocycles. The Labute approximate surface area is 178 Å². The molecule has 0 bridgehead atoms. The van der Waals surface area contributed by atoms with Gasteiger partial charge in [-0.2, -0.15) is 0 Å². The highest BCUT2D eigenvalue weighted by Crippen LogP contribution is 2.15. The Morgan fingerprint density at radius 2 is 2.07 bits per heavy atom. The van der Waals surface area contributed by atoms with Crippen LogP contribution in [-0.4, -0.2) is 51.0 Å². The first-order valence-electron chi connectivity index (χ1n) is 9.52. The molecule has 0 radical (unpaired) electrons. The van der Waals surface area contributed by atoms with Gasteiger partial charge in [-0.1, -0.05) is 18.2 Å². The van der Waals surface area contributed by atoms with E-state index in [0.717, 1.165) is 69.4 Å². The minimum Gasteiger partial charge on any atom is -0.381 e. The highest BCUT2D eigenvalue weighted by molar-refractivity contribution is 14.0. The molecule has 0 saturated carbocycles. The molecule has 2 heterocycles. The number of para-hydroxylation sites is 1. The van der Waals surface area contributed by atoms with Crippen LogP contribution in [0.3, 0.4) is 0 Å². The van der Waals surface area contributed by atoms with E-state index in [0.29, 0.717) is 12.5 Å². The molecule has 6 nitrogen and oxygen atoms in total. The first kappa shape index (κ1) is 22.0. The molecule has 1 aromatic heterocycles. The lowest BCUT2D eigenvalue weighted by Crippen LogP contribution is -2.37. The Morgan fingerprint density at radius 1 is 1.26 bits per heavy atom. The number of aromatic amines is 1. The van der Waals surface area contributed by atoms with Crippen LogP contribution >= 0.6 is 24.0 Å². The smallest absolute Gasteiger partial charge is 0.191 e. The Hall–Kier alpha value is -1.32. The van der Waals surface area contributed by atoms with Gasteiger partial charge in [-0.25, -0.2) is 0 Å². The zero-order valence-corrected chi connectivity index (χ0v) is 18.3. The molecule has 150 valence electrons. The summed E-state index contributed by atoms with van der Waals surface area (Å²) in [6.45, 7) is 4.97. The van der Waals surface area contributed by atoms with Crippen LogP contribution in [0.25, 0.3) is 10.9 Å². The minimum atomic E-state index is 0. The number of hydrogen-bond donors (Lipinski definition) is 3. The number of benzene rings is 1. The van der Waals surface area contributed by atoms with E-state index in [9.17, 15) is 0 Å². The number of H-pyrrole nitrogens is 1. The molecule has 3 N–H and O–H groups in total. The van der Waals surface area contributed by atoms with Crippen molar-refractivity contribution < 1.29 is 9.47 Å². The van der Waals surface area contributed by atoms with Crippen LogP contribution in [0.2, 0.25) is 0 Å². The maximum atomic E-state index is 5.79. The molecule has 1 saturated heterocycles. The zero-order valence-electron chi connectivity index (χ0n) is 16.0. The number of ether oxygens (including phenoxy) is 2. The van der Waals surface area contributed by atoms with Gasteiger partial charge in [-0.3, -0.25) is 4.99 Å². The fraction of sp³-hybridized carbons (Fsp3) is 0.550. The molecule has 0 amide bonds. The number of aromatic nitrogens is 1. The molecular formula is C20H31IN4O2. The van der Waals surface area contributed by atoms with E-state index in [2.05, 4.69) is 44.9 Å². The van der Waals surface area contributed by atoms with Gasteiger partial charge in [0.25, 0.3) is 0 Å². The normalized spacial score (nSPS) is 15.5. The summed E-state index contributed by atoms with van der Waals surface area (Å²) >= 11 is 0. The van der Waals surface area contributed by atoms with Crippen molar-refractivity contribution in [1.29, 1.82) is 0 Å².